The van der Waals surface area contributed by atoms with E-state index in [2.05, 4.69) is 10.1 Å². The minimum absolute atomic E-state index is 0.0356. The molecule has 0 aromatic carbocycles. The third-order valence-corrected chi connectivity index (χ3v) is 1.48. The van der Waals surface area contributed by atoms with Crippen LogP contribution < -0.4 is 5.32 Å². The Kier molecular flexibility index (Phi) is 7.17. The van der Waals surface area contributed by atoms with Gasteiger partial charge in [0.2, 0.25) is 11.7 Å². The Morgan fingerprint density at radius 1 is 1.33 bits per heavy atom. The predicted molar refractivity (Wildman–Crippen MR) is 51.0 cm³/mol. The second-order valence-electron chi connectivity index (χ2n) is 2.75. The van der Waals surface area contributed by atoms with Crippen molar-refractivity contribution in [2.24, 2.45) is 0 Å². The van der Waals surface area contributed by atoms with Gasteiger partial charge in [-0.05, 0) is 13.3 Å². The Balaban J connectivity index is 3.76. The van der Waals surface area contributed by atoms with Crippen molar-refractivity contribution in [1.82, 2.24) is 5.32 Å². The molecule has 1 amide bonds. The van der Waals surface area contributed by atoms with Gasteiger partial charge >= 0.3 is 5.97 Å². The van der Waals surface area contributed by atoms with E-state index in [0.717, 1.165) is 0 Å². The summed E-state index contributed by atoms with van der Waals surface area (Å²) in [6.45, 7) is 1.93. The summed E-state index contributed by atoms with van der Waals surface area (Å²) >= 11 is 0. The number of esters is 1. The molecule has 0 saturated carbocycles. The zero-order valence-corrected chi connectivity index (χ0v) is 8.62. The molecule has 0 aliphatic carbocycles. The summed E-state index contributed by atoms with van der Waals surface area (Å²) in [7, 11) is 0. The van der Waals surface area contributed by atoms with Crippen LogP contribution in [0.4, 0.5) is 0 Å². The van der Waals surface area contributed by atoms with Gasteiger partial charge in [-0.3, -0.25) is 9.59 Å². The Bertz CT molecular complexity index is 239. The minimum Gasteiger partial charge on any atom is -0.460 e. The lowest BCUT2D eigenvalue weighted by Gasteiger charge is -2.03. The normalized spacial score (nSPS) is 9.47. The van der Waals surface area contributed by atoms with Crippen molar-refractivity contribution >= 4 is 17.7 Å². The van der Waals surface area contributed by atoms with E-state index in [1.165, 1.54) is 0 Å². The second-order valence-corrected chi connectivity index (χ2v) is 2.75. The van der Waals surface area contributed by atoms with Crippen molar-refractivity contribution in [3.8, 4) is 0 Å². The number of hydrogen-bond donors (Lipinski definition) is 2. The first-order valence-electron chi connectivity index (χ1n) is 4.69. The van der Waals surface area contributed by atoms with Crippen molar-refractivity contribution < 1.29 is 24.2 Å². The lowest BCUT2D eigenvalue weighted by atomic mass is 10.2. The summed E-state index contributed by atoms with van der Waals surface area (Å²) in [4.78, 5) is 32.8. The molecule has 0 radical (unpaired) electrons. The molecule has 0 spiro atoms. The van der Waals surface area contributed by atoms with Gasteiger partial charge in [-0.15, -0.1) is 0 Å². The molecule has 6 heteroatoms. The molecule has 6 nitrogen and oxygen atoms in total. The van der Waals surface area contributed by atoms with E-state index in [1.54, 1.807) is 6.92 Å². The molecule has 0 saturated heterocycles. The molecule has 0 fully saturated rings. The number of rotatable bonds is 7. The second kappa shape index (κ2) is 7.93. The quantitative estimate of drug-likeness (QED) is 0.247. The van der Waals surface area contributed by atoms with Crippen LogP contribution in [-0.2, 0) is 19.1 Å². The molecule has 0 aromatic heterocycles. The molecule has 2 N–H and O–H groups in total. The number of Topliss-reactive ketones (excluding diaryl/α,β-unsaturated/α-hetero) is 1. The van der Waals surface area contributed by atoms with Gasteiger partial charge in [-0.1, -0.05) is 0 Å². The average Bonchev–Trinajstić information content (AvgIpc) is 2.18. The topological polar surface area (TPSA) is 92.7 Å². The first-order chi connectivity index (χ1) is 7.11. The third-order valence-electron chi connectivity index (χ3n) is 1.48. The van der Waals surface area contributed by atoms with E-state index in [-0.39, 0.29) is 19.8 Å². The predicted octanol–water partition coefficient (Wildman–Crippen LogP) is -0.993. The summed E-state index contributed by atoms with van der Waals surface area (Å²) in [5.41, 5.74) is 0. The highest BCUT2D eigenvalue weighted by molar-refractivity contribution is 6.36. The van der Waals surface area contributed by atoms with E-state index >= 15 is 0 Å². The third kappa shape index (κ3) is 6.62. The maximum absolute atomic E-state index is 11.0. The lowest BCUT2D eigenvalue weighted by molar-refractivity contribution is -0.154. The number of amides is 1. The Labute approximate surface area is 87.6 Å². The molecule has 86 valence electrons. The van der Waals surface area contributed by atoms with Crippen molar-refractivity contribution in [1.29, 1.82) is 0 Å². The Hall–Kier alpha value is -1.43. The van der Waals surface area contributed by atoms with Crippen LogP contribution in [0, 0.1) is 0 Å². The minimum atomic E-state index is -0.991. The molecule has 0 rings (SSSR count). The number of aliphatic hydroxyl groups excluding tert-OH is 1. The zero-order chi connectivity index (χ0) is 11.7. The summed E-state index contributed by atoms with van der Waals surface area (Å²) < 4.78 is 4.42. The van der Waals surface area contributed by atoms with E-state index in [0.29, 0.717) is 6.42 Å². The van der Waals surface area contributed by atoms with Gasteiger partial charge in [0.1, 0.15) is 0 Å². The molecular formula is C9H15NO5. The number of ketones is 1. The molecule has 0 atom stereocenters. The van der Waals surface area contributed by atoms with Crippen LogP contribution in [0.15, 0.2) is 0 Å². The van der Waals surface area contributed by atoms with Gasteiger partial charge < -0.3 is 15.2 Å². The number of hydrogen-bond acceptors (Lipinski definition) is 5. The first-order valence-corrected chi connectivity index (χ1v) is 4.69. The SMILES string of the molecule is CCOC(=O)C(=O)CC(=O)NCCCO. The van der Waals surface area contributed by atoms with Gasteiger partial charge in [0.05, 0.1) is 13.0 Å². The Morgan fingerprint density at radius 2 is 2.00 bits per heavy atom. The summed E-state index contributed by atoms with van der Waals surface area (Å²) in [6, 6.07) is 0. The van der Waals surface area contributed by atoms with Gasteiger partial charge in [0.15, 0.2) is 0 Å². The fourth-order valence-corrected chi connectivity index (χ4v) is 0.799. The summed E-state index contributed by atoms with van der Waals surface area (Å²) in [5.74, 6) is -2.39. The number of ether oxygens (including phenoxy) is 1. The lowest BCUT2D eigenvalue weighted by Crippen LogP contribution is -2.30. The number of aliphatic hydroxyl groups is 1. The largest absolute Gasteiger partial charge is 0.460 e. The molecule has 0 aliphatic rings. The van der Waals surface area contributed by atoms with Gasteiger partial charge in [0, 0.05) is 13.2 Å². The molecule has 0 unspecified atom stereocenters. The van der Waals surface area contributed by atoms with Gasteiger partial charge in [0.25, 0.3) is 0 Å². The van der Waals surface area contributed by atoms with Crippen LogP contribution in [0.25, 0.3) is 0 Å². The molecule has 0 heterocycles. The van der Waals surface area contributed by atoms with Crippen LogP contribution >= 0.6 is 0 Å². The maximum atomic E-state index is 11.0. The molecule has 0 aliphatic heterocycles. The molecule has 15 heavy (non-hydrogen) atoms. The first kappa shape index (κ1) is 13.6. The molecule has 0 aromatic rings. The van der Waals surface area contributed by atoms with Crippen LogP contribution in [0.5, 0.6) is 0 Å². The maximum Gasteiger partial charge on any atom is 0.375 e. The van der Waals surface area contributed by atoms with Crippen LogP contribution in [-0.4, -0.2) is 42.5 Å². The number of carbonyl (C=O) groups is 3. The van der Waals surface area contributed by atoms with E-state index < -0.39 is 24.1 Å². The van der Waals surface area contributed by atoms with Crippen molar-refractivity contribution in [2.75, 3.05) is 19.8 Å². The standard InChI is InChI=1S/C9H15NO5/c1-2-15-9(14)7(12)6-8(13)10-4-3-5-11/h11H,2-6H2,1H3,(H,10,13). The molecular weight excluding hydrogens is 202 g/mol. The van der Waals surface area contributed by atoms with Crippen LogP contribution in [0.3, 0.4) is 0 Å². The van der Waals surface area contributed by atoms with Crippen LogP contribution in [0.1, 0.15) is 19.8 Å². The number of carbonyl (C=O) groups excluding carboxylic acids is 3. The van der Waals surface area contributed by atoms with E-state index in [1.807, 2.05) is 0 Å². The summed E-state index contributed by atoms with van der Waals surface area (Å²) in [6.07, 6.45) is -0.0937. The molecule has 0 bridgehead atoms. The highest BCUT2D eigenvalue weighted by atomic mass is 16.5. The summed E-state index contributed by atoms with van der Waals surface area (Å²) in [5, 5.41) is 10.8. The highest BCUT2D eigenvalue weighted by Gasteiger charge is 2.18. The zero-order valence-electron chi connectivity index (χ0n) is 8.62. The van der Waals surface area contributed by atoms with Gasteiger partial charge in [-0.2, -0.15) is 0 Å². The number of nitrogens with one attached hydrogen (secondary N) is 1. The van der Waals surface area contributed by atoms with E-state index in [9.17, 15) is 14.4 Å². The Morgan fingerprint density at radius 3 is 2.53 bits per heavy atom. The van der Waals surface area contributed by atoms with E-state index in [4.69, 9.17) is 5.11 Å². The fraction of sp³-hybridized carbons (Fsp3) is 0.667. The van der Waals surface area contributed by atoms with Crippen molar-refractivity contribution in [3.05, 3.63) is 0 Å². The monoisotopic (exact) mass is 217 g/mol. The van der Waals surface area contributed by atoms with Crippen molar-refractivity contribution in [2.45, 2.75) is 19.8 Å². The van der Waals surface area contributed by atoms with Gasteiger partial charge in [-0.25, -0.2) is 4.79 Å². The fourth-order valence-electron chi connectivity index (χ4n) is 0.799. The average molecular weight is 217 g/mol. The van der Waals surface area contributed by atoms with Crippen molar-refractivity contribution in [3.63, 3.8) is 0 Å². The smallest absolute Gasteiger partial charge is 0.375 e. The highest BCUT2D eigenvalue weighted by Crippen LogP contribution is 1.88. The van der Waals surface area contributed by atoms with Crippen LogP contribution in [0.2, 0.25) is 0 Å².